The monoisotopic (exact) mass is 393 g/mol. The zero-order chi connectivity index (χ0) is 14.4. The molecular weight excluding hydrogens is 382 g/mol. The maximum atomic E-state index is 5.41. The maximum Gasteiger partial charge on any atom is 0.148 e. The number of ether oxygens (including phenoxy) is 1. The molecule has 4 heteroatoms. The second-order valence-electron chi connectivity index (χ2n) is 4.12. The Morgan fingerprint density at radius 3 is 2.50 bits per heavy atom. The molecule has 2 aromatic rings. The number of rotatable bonds is 5. The Morgan fingerprint density at radius 2 is 1.85 bits per heavy atom. The second kappa shape index (κ2) is 7.37. The summed E-state index contributed by atoms with van der Waals surface area (Å²) in [5.74, 6) is 3.21. The van der Waals surface area contributed by atoms with Crippen LogP contribution in [0.15, 0.2) is 51.4 Å². The fourth-order valence-corrected chi connectivity index (χ4v) is 2.47. The molecule has 0 atom stereocenters. The van der Waals surface area contributed by atoms with E-state index in [1.54, 1.807) is 0 Å². The van der Waals surface area contributed by atoms with Gasteiger partial charge in [-0.05, 0) is 57.9 Å². The van der Waals surface area contributed by atoms with Crippen molar-refractivity contribution in [3.8, 4) is 18.1 Å². The summed E-state index contributed by atoms with van der Waals surface area (Å²) in [5, 5.41) is 3.36. The Bertz CT molecular complexity index is 617. The van der Waals surface area contributed by atoms with Gasteiger partial charge in [-0.15, -0.1) is 6.42 Å². The molecule has 2 rings (SSSR count). The highest BCUT2D eigenvalue weighted by Gasteiger charge is 2.02. The van der Waals surface area contributed by atoms with Crippen LogP contribution in [0.5, 0.6) is 5.75 Å². The van der Waals surface area contributed by atoms with Crippen molar-refractivity contribution in [2.45, 2.75) is 6.54 Å². The summed E-state index contributed by atoms with van der Waals surface area (Å²) in [4.78, 5) is 0. The minimum absolute atomic E-state index is 0.273. The Hall–Kier alpha value is -1.44. The highest BCUT2D eigenvalue weighted by molar-refractivity contribution is 9.10. The van der Waals surface area contributed by atoms with E-state index in [-0.39, 0.29) is 6.61 Å². The molecule has 2 nitrogen and oxygen atoms in total. The summed E-state index contributed by atoms with van der Waals surface area (Å²) in [6.07, 6.45) is 5.18. The zero-order valence-electron chi connectivity index (χ0n) is 10.7. The van der Waals surface area contributed by atoms with Crippen molar-refractivity contribution in [1.29, 1.82) is 0 Å². The molecule has 102 valence electrons. The second-order valence-corrected chi connectivity index (χ2v) is 5.89. The summed E-state index contributed by atoms with van der Waals surface area (Å²) in [6.45, 7) is 1.02. The number of anilines is 1. The van der Waals surface area contributed by atoms with E-state index in [1.165, 1.54) is 0 Å². The molecule has 2 aromatic carbocycles. The third-order valence-electron chi connectivity index (χ3n) is 2.65. The van der Waals surface area contributed by atoms with Gasteiger partial charge in [-0.25, -0.2) is 0 Å². The Morgan fingerprint density at radius 1 is 1.10 bits per heavy atom. The topological polar surface area (TPSA) is 21.3 Å². The van der Waals surface area contributed by atoms with E-state index in [4.69, 9.17) is 11.2 Å². The third kappa shape index (κ3) is 4.29. The number of terminal acetylenes is 1. The van der Waals surface area contributed by atoms with Crippen LogP contribution in [0, 0.1) is 12.3 Å². The van der Waals surface area contributed by atoms with Gasteiger partial charge in [0.25, 0.3) is 0 Å². The Balaban J connectivity index is 1.98. The van der Waals surface area contributed by atoms with Gasteiger partial charge in [0.1, 0.15) is 12.4 Å². The molecule has 0 aliphatic heterocycles. The van der Waals surface area contributed by atoms with Crippen molar-refractivity contribution in [3.05, 3.63) is 57.0 Å². The highest BCUT2D eigenvalue weighted by Crippen LogP contribution is 2.26. The summed E-state index contributed by atoms with van der Waals surface area (Å²) in [6, 6.07) is 14.0. The highest BCUT2D eigenvalue weighted by atomic mass is 79.9. The lowest BCUT2D eigenvalue weighted by molar-refractivity contribution is 0.368. The number of benzene rings is 2. The van der Waals surface area contributed by atoms with Gasteiger partial charge in [0, 0.05) is 16.7 Å². The van der Waals surface area contributed by atoms with E-state index in [2.05, 4.69) is 43.1 Å². The Labute approximate surface area is 135 Å². The molecule has 0 aliphatic carbocycles. The van der Waals surface area contributed by atoms with Gasteiger partial charge >= 0.3 is 0 Å². The van der Waals surface area contributed by atoms with Crippen molar-refractivity contribution in [2.24, 2.45) is 0 Å². The first kappa shape index (κ1) is 15.0. The van der Waals surface area contributed by atoms with E-state index in [1.807, 2.05) is 42.5 Å². The molecule has 0 heterocycles. The van der Waals surface area contributed by atoms with Gasteiger partial charge in [-0.2, -0.15) is 0 Å². The van der Waals surface area contributed by atoms with Crippen LogP contribution < -0.4 is 10.1 Å². The first-order valence-electron chi connectivity index (χ1n) is 6.03. The average molecular weight is 395 g/mol. The van der Waals surface area contributed by atoms with E-state index in [0.29, 0.717) is 0 Å². The molecular formula is C16H13Br2NO. The quantitative estimate of drug-likeness (QED) is 0.733. The molecule has 0 fully saturated rings. The van der Waals surface area contributed by atoms with E-state index in [9.17, 15) is 0 Å². The minimum atomic E-state index is 0.273. The molecule has 0 aliphatic rings. The molecule has 0 saturated heterocycles. The molecule has 0 aromatic heterocycles. The number of nitrogens with one attached hydrogen (secondary N) is 1. The lowest BCUT2D eigenvalue weighted by Crippen LogP contribution is -2.00. The average Bonchev–Trinajstić information content (AvgIpc) is 2.46. The van der Waals surface area contributed by atoms with E-state index < -0.39 is 0 Å². The van der Waals surface area contributed by atoms with Gasteiger partial charge in [-0.1, -0.05) is 27.9 Å². The fraction of sp³-hybridized carbons (Fsp3) is 0.125. The summed E-state index contributed by atoms with van der Waals surface area (Å²) < 4.78 is 7.38. The first-order valence-corrected chi connectivity index (χ1v) is 7.62. The van der Waals surface area contributed by atoms with Crippen molar-refractivity contribution in [3.63, 3.8) is 0 Å². The van der Waals surface area contributed by atoms with Gasteiger partial charge in [-0.3, -0.25) is 0 Å². The van der Waals surface area contributed by atoms with Crippen molar-refractivity contribution in [1.82, 2.24) is 0 Å². The van der Waals surface area contributed by atoms with Crippen molar-refractivity contribution < 1.29 is 4.74 Å². The van der Waals surface area contributed by atoms with Gasteiger partial charge in [0.15, 0.2) is 0 Å². The molecule has 0 spiro atoms. The van der Waals surface area contributed by atoms with E-state index in [0.717, 1.165) is 32.5 Å². The lowest BCUT2D eigenvalue weighted by atomic mass is 10.2. The normalized spacial score (nSPS) is 9.85. The SMILES string of the molecule is C#CCOc1ccc(CNc2ccc(Br)cc2)cc1Br. The molecule has 0 saturated carbocycles. The standard InChI is InChI=1S/C16H13Br2NO/c1-2-9-20-16-8-3-12(10-15(16)18)11-19-14-6-4-13(17)5-7-14/h1,3-8,10,19H,9,11H2. The van der Waals surface area contributed by atoms with Crippen LogP contribution in [0.3, 0.4) is 0 Å². The minimum Gasteiger partial charge on any atom is -0.480 e. The number of hydrogen-bond donors (Lipinski definition) is 1. The predicted molar refractivity (Wildman–Crippen MR) is 89.9 cm³/mol. The first-order chi connectivity index (χ1) is 9.69. The van der Waals surface area contributed by atoms with Crippen LogP contribution in [-0.4, -0.2) is 6.61 Å². The zero-order valence-corrected chi connectivity index (χ0v) is 13.9. The van der Waals surface area contributed by atoms with Crippen molar-refractivity contribution >= 4 is 37.5 Å². The van der Waals surface area contributed by atoms with Crippen LogP contribution in [-0.2, 0) is 6.54 Å². The number of halogens is 2. The van der Waals surface area contributed by atoms with Crippen LogP contribution in [0.25, 0.3) is 0 Å². The van der Waals surface area contributed by atoms with Crippen LogP contribution in [0.2, 0.25) is 0 Å². The van der Waals surface area contributed by atoms with Gasteiger partial charge < -0.3 is 10.1 Å². The molecule has 0 bridgehead atoms. The van der Waals surface area contributed by atoms with E-state index >= 15 is 0 Å². The predicted octanol–water partition coefficient (Wildman–Crippen LogP) is 4.84. The smallest absolute Gasteiger partial charge is 0.148 e. The summed E-state index contributed by atoms with van der Waals surface area (Å²) in [7, 11) is 0. The molecule has 0 amide bonds. The fourth-order valence-electron chi connectivity index (χ4n) is 1.66. The third-order valence-corrected chi connectivity index (χ3v) is 3.80. The maximum absolute atomic E-state index is 5.41. The summed E-state index contributed by atoms with van der Waals surface area (Å²) >= 11 is 6.90. The van der Waals surface area contributed by atoms with Crippen LogP contribution >= 0.6 is 31.9 Å². The Kier molecular flexibility index (Phi) is 5.51. The van der Waals surface area contributed by atoms with Crippen molar-refractivity contribution in [2.75, 3.05) is 11.9 Å². The van der Waals surface area contributed by atoms with Crippen LogP contribution in [0.4, 0.5) is 5.69 Å². The number of hydrogen-bond acceptors (Lipinski definition) is 2. The largest absolute Gasteiger partial charge is 0.480 e. The molecule has 20 heavy (non-hydrogen) atoms. The van der Waals surface area contributed by atoms with Gasteiger partial charge in [0.2, 0.25) is 0 Å². The van der Waals surface area contributed by atoms with Gasteiger partial charge in [0.05, 0.1) is 4.47 Å². The lowest BCUT2D eigenvalue weighted by Gasteiger charge is -2.09. The van der Waals surface area contributed by atoms with Crippen LogP contribution in [0.1, 0.15) is 5.56 Å². The molecule has 0 unspecified atom stereocenters. The summed E-state index contributed by atoms with van der Waals surface area (Å²) in [5.41, 5.74) is 2.24. The molecule has 0 radical (unpaired) electrons. The molecule has 1 N–H and O–H groups in total.